The van der Waals surface area contributed by atoms with E-state index in [1.54, 1.807) is 6.07 Å². The lowest BCUT2D eigenvalue weighted by molar-refractivity contribution is 0.450. The maximum absolute atomic E-state index is 14.2. The van der Waals surface area contributed by atoms with Crippen LogP contribution in [-0.4, -0.2) is 6.54 Å². The average Bonchev–Trinajstić information content (AvgIpc) is 2.42. The fourth-order valence-corrected chi connectivity index (χ4v) is 2.63. The van der Waals surface area contributed by atoms with E-state index < -0.39 is 0 Å². The van der Waals surface area contributed by atoms with Crippen molar-refractivity contribution in [3.8, 4) is 0 Å². The topological polar surface area (TPSA) is 12.0 Å². The van der Waals surface area contributed by atoms with Crippen LogP contribution in [0.5, 0.6) is 0 Å². The highest BCUT2D eigenvalue weighted by molar-refractivity contribution is 9.10. The van der Waals surface area contributed by atoms with Gasteiger partial charge >= 0.3 is 0 Å². The molecule has 108 valence electrons. The molecule has 0 radical (unpaired) electrons. The number of hydrogen-bond acceptors (Lipinski definition) is 1. The summed E-state index contributed by atoms with van der Waals surface area (Å²) >= 11 is 3.27. The van der Waals surface area contributed by atoms with Crippen LogP contribution in [-0.2, 0) is 0 Å². The molecule has 0 saturated carbocycles. The lowest BCUT2D eigenvalue weighted by atomic mass is 9.99. The van der Waals surface area contributed by atoms with E-state index in [0.29, 0.717) is 4.47 Å². The van der Waals surface area contributed by atoms with Gasteiger partial charge in [0.05, 0.1) is 4.47 Å². The van der Waals surface area contributed by atoms with Gasteiger partial charge in [0.1, 0.15) is 5.82 Å². The third kappa shape index (κ3) is 5.62. The molecule has 0 fully saturated rings. The Morgan fingerprint density at radius 3 is 2.63 bits per heavy atom. The van der Waals surface area contributed by atoms with Crippen molar-refractivity contribution in [2.75, 3.05) is 6.54 Å². The number of unbranched alkanes of at least 4 members (excludes halogenated alkanes) is 3. The molecule has 0 aromatic heterocycles. The lowest BCUT2D eigenvalue weighted by Gasteiger charge is -2.20. The summed E-state index contributed by atoms with van der Waals surface area (Å²) in [6.07, 6.45) is 6.96. The van der Waals surface area contributed by atoms with Gasteiger partial charge in [-0.1, -0.05) is 51.7 Å². The first kappa shape index (κ1) is 16.6. The van der Waals surface area contributed by atoms with Gasteiger partial charge in [-0.25, -0.2) is 4.39 Å². The zero-order valence-electron chi connectivity index (χ0n) is 12.0. The summed E-state index contributed by atoms with van der Waals surface area (Å²) in [5, 5.41) is 3.47. The molecule has 1 rings (SSSR count). The Morgan fingerprint density at radius 2 is 1.95 bits per heavy atom. The molecule has 0 amide bonds. The van der Waals surface area contributed by atoms with Crippen molar-refractivity contribution in [1.29, 1.82) is 0 Å². The molecule has 19 heavy (non-hydrogen) atoms. The van der Waals surface area contributed by atoms with Crippen molar-refractivity contribution in [3.63, 3.8) is 0 Å². The summed E-state index contributed by atoms with van der Waals surface area (Å²) in [5.74, 6) is -0.119. The molecule has 0 aliphatic rings. The monoisotopic (exact) mass is 329 g/mol. The molecule has 1 atom stereocenters. The van der Waals surface area contributed by atoms with Crippen LogP contribution in [0.15, 0.2) is 22.7 Å². The molecule has 0 spiro atoms. The molecule has 1 aromatic rings. The van der Waals surface area contributed by atoms with Gasteiger partial charge in [0.2, 0.25) is 0 Å². The molecule has 0 aliphatic heterocycles. The number of rotatable bonds is 9. The Hall–Kier alpha value is -0.410. The SMILES string of the molecule is CCCCCCC(NCCC)c1cccc(Br)c1F. The Balaban J connectivity index is 2.69. The molecule has 0 bridgehead atoms. The summed E-state index contributed by atoms with van der Waals surface area (Å²) in [7, 11) is 0. The smallest absolute Gasteiger partial charge is 0.142 e. The second kappa shape index (κ2) is 9.49. The van der Waals surface area contributed by atoms with Gasteiger partial charge in [0.15, 0.2) is 0 Å². The van der Waals surface area contributed by atoms with Crippen molar-refractivity contribution < 1.29 is 4.39 Å². The minimum Gasteiger partial charge on any atom is -0.310 e. The molecule has 0 aliphatic carbocycles. The van der Waals surface area contributed by atoms with Gasteiger partial charge in [-0.05, 0) is 41.4 Å². The maximum Gasteiger partial charge on any atom is 0.142 e. The average molecular weight is 330 g/mol. The number of benzene rings is 1. The van der Waals surface area contributed by atoms with Crippen molar-refractivity contribution in [1.82, 2.24) is 5.32 Å². The van der Waals surface area contributed by atoms with Crippen LogP contribution >= 0.6 is 15.9 Å². The molecule has 1 N–H and O–H groups in total. The Morgan fingerprint density at radius 1 is 1.16 bits per heavy atom. The first-order chi connectivity index (χ1) is 9.20. The zero-order chi connectivity index (χ0) is 14.1. The molecule has 0 saturated heterocycles. The summed E-state index contributed by atoms with van der Waals surface area (Å²) in [4.78, 5) is 0. The molecular weight excluding hydrogens is 305 g/mol. The van der Waals surface area contributed by atoms with E-state index in [2.05, 4.69) is 35.1 Å². The maximum atomic E-state index is 14.2. The van der Waals surface area contributed by atoms with E-state index in [4.69, 9.17) is 0 Å². The third-order valence-electron chi connectivity index (χ3n) is 3.34. The summed E-state index contributed by atoms with van der Waals surface area (Å²) in [5.41, 5.74) is 0.791. The summed E-state index contributed by atoms with van der Waals surface area (Å²) < 4.78 is 14.7. The lowest BCUT2D eigenvalue weighted by Crippen LogP contribution is -2.23. The minimum absolute atomic E-state index is 0.119. The minimum atomic E-state index is -0.119. The molecule has 1 nitrogen and oxygen atoms in total. The van der Waals surface area contributed by atoms with Crippen LogP contribution in [0, 0.1) is 5.82 Å². The Labute approximate surface area is 125 Å². The second-order valence-corrected chi connectivity index (χ2v) is 5.85. The van der Waals surface area contributed by atoms with Crippen LogP contribution in [0.3, 0.4) is 0 Å². The van der Waals surface area contributed by atoms with E-state index in [0.717, 1.165) is 31.4 Å². The first-order valence-corrected chi connectivity index (χ1v) is 8.17. The fraction of sp³-hybridized carbons (Fsp3) is 0.625. The molecule has 3 heteroatoms. The summed E-state index contributed by atoms with van der Waals surface area (Å²) in [6.45, 7) is 5.28. The first-order valence-electron chi connectivity index (χ1n) is 7.38. The van der Waals surface area contributed by atoms with Crippen molar-refractivity contribution in [2.24, 2.45) is 0 Å². The Kier molecular flexibility index (Phi) is 8.31. The van der Waals surface area contributed by atoms with E-state index in [1.807, 2.05) is 12.1 Å². The number of nitrogens with one attached hydrogen (secondary N) is 1. The van der Waals surface area contributed by atoms with Crippen LogP contribution in [0.25, 0.3) is 0 Å². The van der Waals surface area contributed by atoms with Crippen molar-refractivity contribution in [2.45, 2.75) is 58.4 Å². The van der Waals surface area contributed by atoms with Crippen LogP contribution in [0.4, 0.5) is 4.39 Å². The van der Waals surface area contributed by atoms with Gasteiger partial charge in [0.25, 0.3) is 0 Å². The normalized spacial score (nSPS) is 12.6. The van der Waals surface area contributed by atoms with Crippen LogP contribution < -0.4 is 5.32 Å². The van der Waals surface area contributed by atoms with E-state index in [1.165, 1.54) is 19.3 Å². The van der Waals surface area contributed by atoms with Gasteiger partial charge < -0.3 is 5.32 Å². The quantitative estimate of drug-likeness (QED) is 0.581. The standard InChI is InChI=1S/C16H25BrFN/c1-3-5-6-7-11-15(19-12-4-2)13-9-8-10-14(17)16(13)18/h8-10,15,19H,3-7,11-12H2,1-2H3. The number of hydrogen-bond donors (Lipinski definition) is 1. The van der Waals surface area contributed by atoms with E-state index >= 15 is 0 Å². The zero-order valence-corrected chi connectivity index (χ0v) is 13.6. The van der Waals surface area contributed by atoms with Crippen LogP contribution in [0.2, 0.25) is 0 Å². The van der Waals surface area contributed by atoms with Gasteiger partial charge in [-0.15, -0.1) is 0 Å². The van der Waals surface area contributed by atoms with Crippen molar-refractivity contribution in [3.05, 3.63) is 34.1 Å². The molecule has 0 heterocycles. The Bertz CT molecular complexity index is 368. The summed E-state index contributed by atoms with van der Waals surface area (Å²) in [6, 6.07) is 5.70. The third-order valence-corrected chi connectivity index (χ3v) is 3.96. The van der Waals surface area contributed by atoms with Gasteiger partial charge in [-0.3, -0.25) is 0 Å². The van der Waals surface area contributed by atoms with Gasteiger partial charge in [-0.2, -0.15) is 0 Å². The highest BCUT2D eigenvalue weighted by Crippen LogP contribution is 2.27. The van der Waals surface area contributed by atoms with E-state index in [9.17, 15) is 4.39 Å². The largest absolute Gasteiger partial charge is 0.310 e. The molecule has 1 aromatic carbocycles. The predicted octanol–water partition coefficient (Wildman–Crippen LogP) is 5.60. The molecule has 1 unspecified atom stereocenters. The second-order valence-electron chi connectivity index (χ2n) is 5.00. The molecular formula is C16H25BrFN. The van der Waals surface area contributed by atoms with Crippen molar-refractivity contribution >= 4 is 15.9 Å². The van der Waals surface area contributed by atoms with Gasteiger partial charge in [0, 0.05) is 11.6 Å². The fourth-order valence-electron chi connectivity index (χ4n) is 2.25. The van der Waals surface area contributed by atoms with Crippen LogP contribution in [0.1, 0.15) is 64.0 Å². The highest BCUT2D eigenvalue weighted by Gasteiger charge is 2.16. The highest BCUT2D eigenvalue weighted by atomic mass is 79.9. The number of halogens is 2. The van der Waals surface area contributed by atoms with E-state index in [-0.39, 0.29) is 11.9 Å². The predicted molar refractivity (Wildman–Crippen MR) is 83.9 cm³/mol.